The second kappa shape index (κ2) is 10.6. The molecule has 1 amide bonds. The van der Waals surface area contributed by atoms with E-state index in [0.717, 1.165) is 10.2 Å². The highest BCUT2D eigenvalue weighted by molar-refractivity contribution is 5.94. The number of hydrogen-bond donors (Lipinski definition) is 1. The van der Waals surface area contributed by atoms with Crippen molar-refractivity contribution in [1.82, 2.24) is 9.78 Å². The van der Waals surface area contributed by atoms with Crippen molar-refractivity contribution >= 4 is 17.6 Å². The Morgan fingerprint density at radius 3 is 2.33 bits per heavy atom. The van der Waals surface area contributed by atoms with Gasteiger partial charge in [-0.25, -0.2) is 9.48 Å². The van der Waals surface area contributed by atoms with Gasteiger partial charge < -0.3 is 14.8 Å². The summed E-state index contributed by atoms with van der Waals surface area (Å²) in [5.74, 6) is -0.609. The molecular weight excluding hydrogens is 422 g/mol. The number of benzene rings is 2. The molecule has 1 aromatic heterocycles. The van der Waals surface area contributed by atoms with E-state index >= 15 is 0 Å². The fraction of sp³-hybridized carbons (Fsp3) is 0.280. The first kappa shape index (κ1) is 23.7. The number of esters is 1. The fourth-order valence-corrected chi connectivity index (χ4v) is 2.94. The van der Waals surface area contributed by atoms with Crippen molar-refractivity contribution in [2.75, 3.05) is 18.5 Å². The first-order valence-corrected chi connectivity index (χ1v) is 10.6. The maximum absolute atomic E-state index is 12.3. The van der Waals surface area contributed by atoms with Crippen molar-refractivity contribution in [2.24, 2.45) is 0 Å². The molecule has 8 nitrogen and oxygen atoms in total. The molecule has 0 saturated heterocycles. The number of aromatic nitrogens is 2. The molecule has 0 bridgehead atoms. The second-order valence-corrected chi connectivity index (χ2v) is 8.39. The zero-order valence-corrected chi connectivity index (χ0v) is 18.9. The summed E-state index contributed by atoms with van der Waals surface area (Å²) in [5.41, 5.74) is 1.31. The van der Waals surface area contributed by atoms with Crippen LogP contribution in [0.15, 0.2) is 71.5 Å². The molecule has 0 atom stereocenters. The number of para-hydroxylation sites is 1. The van der Waals surface area contributed by atoms with Crippen LogP contribution in [0.2, 0.25) is 0 Å². The lowest BCUT2D eigenvalue weighted by molar-refractivity contribution is -0.119. The molecule has 172 valence electrons. The van der Waals surface area contributed by atoms with Crippen LogP contribution < -0.4 is 15.6 Å². The largest absolute Gasteiger partial charge is 0.492 e. The summed E-state index contributed by atoms with van der Waals surface area (Å²) in [5, 5.41) is 6.70. The van der Waals surface area contributed by atoms with Crippen LogP contribution in [0.1, 0.15) is 36.8 Å². The maximum Gasteiger partial charge on any atom is 0.359 e. The quantitative estimate of drug-likeness (QED) is 0.529. The van der Waals surface area contributed by atoms with Gasteiger partial charge in [0.15, 0.2) is 12.3 Å². The zero-order chi connectivity index (χ0) is 23.8. The molecule has 3 rings (SSSR count). The van der Waals surface area contributed by atoms with Crippen LogP contribution in [0.25, 0.3) is 0 Å². The number of nitrogens with one attached hydrogen (secondary N) is 1. The van der Waals surface area contributed by atoms with E-state index < -0.39 is 18.5 Å². The molecule has 0 saturated carbocycles. The first-order chi connectivity index (χ1) is 15.7. The minimum atomic E-state index is -0.800. The van der Waals surface area contributed by atoms with Gasteiger partial charge in [0.2, 0.25) is 0 Å². The molecule has 2 aromatic carbocycles. The molecule has 1 N–H and O–H groups in total. The van der Waals surface area contributed by atoms with Crippen molar-refractivity contribution < 1.29 is 19.1 Å². The minimum absolute atomic E-state index is 0.00917. The Morgan fingerprint density at radius 2 is 1.67 bits per heavy atom. The highest BCUT2D eigenvalue weighted by atomic mass is 16.5. The van der Waals surface area contributed by atoms with E-state index in [9.17, 15) is 14.4 Å². The molecular formula is C25H27N3O5. The molecule has 33 heavy (non-hydrogen) atoms. The molecule has 0 spiro atoms. The third-order valence-electron chi connectivity index (χ3n) is 4.76. The van der Waals surface area contributed by atoms with Crippen molar-refractivity contribution in [3.8, 4) is 5.75 Å². The Kier molecular flexibility index (Phi) is 7.61. The molecule has 0 aliphatic heterocycles. The van der Waals surface area contributed by atoms with Gasteiger partial charge in [-0.3, -0.25) is 9.59 Å². The molecule has 3 aromatic rings. The van der Waals surface area contributed by atoms with Crippen molar-refractivity contribution in [1.29, 1.82) is 0 Å². The highest BCUT2D eigenvalue weighted by Gasteiger charge is 2.15. The van der Waals surface area contributed by atoms with Gasteiger partial charge in [0.25, 0.3) is 11.5 Å². The minimum Gasteiger partial charge on any atom is -0.492 e. The summed E-state index contributed by atoms with van der Waals surface area (Å²) in [4.78, 5) is 36.5. The first-order valence-electron chi connectivity index (χ1n) is 10.6. The predicted molar refractivity (Wildman–Crippen MR) is 124 cm³/mol. The number of nitrogens with zero attached hydrogens (tertiary/aromatic N) is 2. The van der Waals surface area contributed by atoms with Gasteiger partial charge in [-0.2, -0.15) is 5.10 Å². The van der Waals surface area contributed by atoms with Crippen LogP contribution >= 0.6 is 0 Å². The molecule has 0 unspecified atom stereocenters. The summed E-state index contributed by atoms with van der Waals surface area (Å²) in [7, 11) is 0. The standard InChI is InChI=1S/C25H27N3O5/c1-25(2,3)18-9-11-19(12-10-18)26-22(29)17-33-24(31)21-13-14-23(30)28(27-21)15-16-32-20-7-5-4-6-8-20/h4-14H,15-17H2,1-3H3,(H,26,29). The SMILES string of the molecule is CC(C)(C)c1ccc(NC(=O)COC(=O)c2ccc(=O)n(CCOc3ccccc3)n2)cc1. The summed E-state index contributed by atoms with van der Waals surface area (Å²) in [6.45, 7) is 6.19. The fourth-order valence-electron chi connectivity index (χ4n) is 2.94. The van der Waals surface area contributed by atoms with Gasteiger partial charge in [0.1, 0.15) is 12.4 Å². The molecule has 8 heteroatoms. The van der Waals surface area contributed by atoms with Gasteiger partial charge >= 0.3 is 5.97 Å². The van der Waals surface area contributed by atoms with Crippen molar-refractivity contribution in [2.45, 2.75) is 32.7 Å². The number of rotatable bonds is 8. The van der Waals surface area contributed by atoms with Gasteiger partial charge in [-0.1, -0.05) is 51.1 Å². The van der Waals surface area contributed by atoms with Crippen LogP contribution in [0.3, 0.4) is 0 Å². The van der Waals surface area contributed by atoms with Gasteiger partial charge in [0.05, 0.1) is 6.54 Å². The van der Waals surface area contributed by atoms with Crippen molar-refractivity contribution in [3.05, 3.63) is 88.3 Å². The monoisotopic (exact) mass is 449 g/mol. The molecule has 0 fully saturated rings. The van der Waals surface area contributed by atoms with Crippen LogP contribution in [0.4, 0.5) is 5.69 Å². The number of anilines is 1. The van der Waals surface area contributed by atoms with E-state index in [1.54, 1.807) is 24.3 Å². The van der Waals surface area contributed by atoms with Gasteiger partial charge in [0, 0.05) is 11.8 Å². The van der Waals surface area contributed by atoms with E-state index in [0.29, 0.717) is 11.4 Å². The third kappa shape index (κ3) is 7.03. The topological polar surface area (TPSA) is 99.5 Å². The van der Waals surface area contributed by atoms with Crippen LogP contribution in [0, 0.1) is 0 Å². The molecule has 1 heterocycles. The van der Waals surface area contributed by atoms with Crippen LogP contribution in [0.5, 0.6) is 5.75 Å². The summed E-state index contributed by atoms with van der Waals surface area (Å²) in [6, 6.07) is 19.1. The average Bonchev–Trinajstić information content (AvgIpc) is 2.79. The Morgan fingerprint density at radius 1 is 0.970 bits per heavy atom. The van der Waals surface area contributed by atoms with Gasteiger partial charge in [-0.15, -0.1) is 0 Å². The lowest BCUT2D eigenvalue weighted by Gasteiger charge is -2.19. The third-order valence-corrected chi connectivity index (χ3v) is 4.76. The Hall–Kier alpha value is -3.94. The normalized spacial score (nSPS) is 11.0. The molecule has 0 aliphatic rings. The Balaban J connectivity index is 1.51. The molecule has 0 radical (unpaired) electrons. The van der Waals surface area contributed by atoms with Crippen LogP contribution in [-0.2, 0) is 21.5 Å². The van der Waals surface area contributed by atoms with Crippen molar-refractivity contribution in [3.63, 3.8) is 0 Å². The average molecular weight is 450 g/mol. The summed E-state index contributed by atoms with van der Waals surface area (Å²) in [6.07, 6.45) is 0. The van der Waals surface area contributed by atoms with Crippen LogP contribution in [-0.4, -0.2) is 34.9 Å². The van der Waals surface area contributed by atoms with E-state index in [1.807, 2.05) is 30.3 Å². The lowest BCUT2D eigenvalue weighted by Crippen LogP contribution is -2.28. The summed E-state index contributed by atoms with van der Waals surface area (Å²) >= 11 is 0. The molecule has 0 aliphatic carbocycles. The van der Waals surface area contributed by atoms with E-state index in [1.165, 1.54) is 12.1 Å². The number of ether oxygens (including phenoxy) is 2. The summed E-state index contributed by atoms with van der Waals surface area (Å²) < 4.78 is 11.7. The van der Waals surface area contributed by atoms with Gasteiger partial charge in [-0.05, 0) is 41.3 Å². The highest BCUT2D eigenvalue weighted by Crippen LogP contribution is 2.23. The lowest BCUT2D eigenvalue weighted by atomic mass is 9.87. The Bertz CT molecular complexity index is 1150. The van der Waals surface area contributed by atoms with E-state index in [2.05, 4.69) is 31.2 Å². The Labute approximate surface area is 192 Å². The number of hydrogen-bond acceptors (Lipinski definition) is 6. The van der Waals surface area contributed by atoms with E-state index in [4.69, 9.17) is 9.47 Å². The number of carbonyl (C=O) groups excluding carboxylic acids is 2. The number of amides is 1. The second-order valence-electron chi connectivity index (χ2n) is 8.39. The van der Waals surface area contributed by atoms with E-state index in [-0.39, 0.29) is 29.8 Å². The smallest absolute Gasteiger partial charge is 0.359 e. The predicted octanol–water partition coefficient (Wildman–Crippen LogP) is 3.42. The maximum atomic E-state index is 12.3. The number of carbonyl (C=O) groups is 2. The zero-order valence-electron chi connectivity index (χ0n) is 18.9.